The quantitative estimate of drug-likeness (QED) is 0.589. The fraction of sp³-hybridized carbons (Fsp3) is 0.211. The number of nitrogens with zero attached hydrogens (tertiary/aromatic N) is 2. The average molecular weight is 381 g/mol. The maximum atomic E-state index is 12.1. The van der Waals surface area contributed by atoms with Crippen molar-refractivity contribution in [3.05, 3.63) is 70.9 Å². The molecule has 0 aliphatic carbocycles. The van der Waals surface area contributed by atoms with Crippen LogP contribution >= 0.6 is 11.6 Å². The number of carbonyl (C=O) groups is 1. The Morgan fingerprint density at radius 2 is 1.81 bits per heavy atom. The molecule has 1 unspecified atom stereocenters. The standard InChI is InChI=1S/C19H17ClN2O3.Na.H/c1-3-18(23)25-19(14-6-8-15(20)9-7-14)17(12-21-22-19)13-4-10-16(24-2)11-5-13;;/h4-12H,3H2,1-2H3;;/q;+1;-1. The van der Waals surface area contributed by atoms with Crippen LogP contribution in [-0.2, 0) is 15.3 Å². The van der Waals surface area contributed by atoms with Crippen LogP contribution in [0.2, 0.25) is 5.02 Å². The maximum absolute atomic E-state index is 12.1. The third-order valence-electron chi connectivity index (χ3n) is 3.94. The molecular weight excluding hydrogens is 363 g/mol. The van der Waals surface area contributed by atoms with Crippen LogP contribution in [-0.4, -0.2) is 13.1 Å². The van der Waals surface area contributed by atoms with Gasteiger partial charge in [0, 0.05) is 17.0 Å². The zero-order chi connectivity index (χ0) is 17.9. The Labute approximate surface area is 180 Å². The largest absolute Gasteiger partial charge is 1.00 e. The second-order valence-corrected chi connectivity index (χ2v) is 5.90. The van der Waals surface area contributed by atoms with Crippen molar-refractivity contribution in [2.45, 2.75) is 19.1 Å². The number of azo groups is 1. The van der Waals surface area contributed by atoms with Gasteiger partial charge in [-0.05, 0) is 29.8 Å². The Morgan fingerprint density at radius 3 is 2.38 bits per heavy atom. The number of hydrogen-bond donors (Lipinski definition) is 0. The summed E-state index contributed by atoms with van der Waals surface area (Å²) in [6.07, 6.45) is 1.85. The fourth-order valence-corrected chi connectivity index (χ4v) is 2.74. The van der Waals surface area contributed by atoms with Crippen LogP contribution in [0.3, 0.4) is 0 Å². The molecule has 5 nitrogen and oxygen atoms in total. The monoisotopic (exact) mass is 380 g/mol. The first-order valence-corrected chi connectivity index (χ1v) is 8.22. The van der Waals surface area contributed by atoms with Gasteiger partial charge in [0.2, 0.25) is 0 Å². The van der Waals surface area contributed by atoms with E-state index >= 15 is 0 Å². The molecule has 0 fully saturated rings. The molecule has 26 heavy (non-hydrogen) atoms. The van der Waals surface area contributed by atoms with Crippen molar-refractivity contribution >= 4 is 23.1 Å². The Balaban J connectivity index is 0.00000182. The van der Waals surface area contributed by atoms with Gasteiger partial charge in [-0.3, -0.25) is 4.79 Å². The molecule has 0 saturated carbocycles. The molecular formula is C19H18ClN2NaO3. The van der Waals surface area contributed by atoms with Gasteiger partial charge in [-0.2, -0.15) is 5.11 Å². The topological polar surface area (TPSA) is 60.2 Å². The van der Waals surface area contributed by atoms with E-state index in [1.807, 2.05) is 24.3 Å². The van der Waals surface area contributed by atoms with Gasteiger partial charge in [0.1, 0.15) is 5.75 Å². The summed E-state index contributed by atoms with van der Waals surface area (Å²) in [5, 5.41) is 8.90. The van der Waals surface area contributed by atoms with E-state index in [9.17, 15) is 4.79 Å². The molecule has 0 spiro atoms. The van der Waals surface area contributed by atoms with Crippen LogP contribution < -0.4 is 34.3 Å². The van der Waals surface area contributed by atoms with Crippen LogP contribution in [0.15, 0.2) is 65.0 Å². The van der Waals surface area contributed by atoms with E-state index in [0.29, 0.717) is 16.2 Å². The molecule has 7 heteroatoms. The van der Waals surface area contributed by atoms with Crippen LogP contribution in [0, 0.1) is 0 Å². The number of methoxy groups -OCH3 is 1. The zero-order valence-electron chi connectivity index (χ0n) is 15.9. The molecule has 0 saturated heterocycles. The summed E-state index contributed by atoms with van der Waals surface area (Å²) < 4.78 is 11.0. The van der Waals surface area contributed by atoms with E-state index in [1.54, 1.807) is 44.5 Å². The van der Waals surface area contributed by atoms with E-state index < -0.39 is 5.72 Å². The van der Waals surface area contributed by atoms with Crippen LogP contribution in [0.4, 0.5) is 0 Å². The minimum Gasteiger partial charge on any atom is -1.00 e. The summed E-state index contributed by atoms with van der Waals surface area (Å²) in [4.78, 5) is 12.1. The summed E-state index contributed by atoms with van der Waals surface area (Å²) in [5.41, 5.74) is 0.887. The van der Waals surface area contributed by atoms with Crippen molar-refractivity contribution in [2.24, 2.45) is 10.2 Å². The SMILES string of the molecule is CCC(=O)OC1(c2ccc(Cl)cc2)N=NC=C1c1ccc(OC)cc1.[H-].[Na+]. The Hall–Kier alpha value is -1.66. The van der Waals surface area contributed by atoms with E-state index in [4.69, 9.17) is 21.1 Å². The van der Waals surface area contributed by atoms with E-state index in [2.05, 4.69) is 10.2 Å². The Morgan fingerprint density at radius 1 is 1.15 bits per heavy atom. The fourth-order valence-electron chi connectivity index (χ4n) is 2.61. The zero-order valence-corrected chi connectivity index (χ0v) is 17.7. The molecule has 0 N–H and O–H groups in total. The van der Waals surface area contributed by atoms with E-state index in [-0.39, 0.29) is 43.4 Å². The summed E-state index contributed by atoms with van der Waals surface area (Å²) in [5.74, 6) is 0.370. The first kappa shape index (κ1) is 20.6. The van der Waals surface area contributed by atoms with Gasteiger partial charge in [0.15, 0.2) is 0 Å². The van der Waals surface area contributed by atoms with Gasteiger partial charge in [-0.1, -0.05) is 42.8 Å². The average Bonchev–Trinajstić information content (AvgIpc) is 3.06. The molecule has 1 aliphatic rings. The van der Waals surface area contributed by atoms with Crippen molar-refractivity contribution in [3.8, 4) is 5.75 Å². The summed E-state index contributed by atoms with van der Waals surface area (Å²) in [7, 11) is 1.61. The summed E-state index contributed by atoms with van der Waals surface area (Å²) in [6, 6.07) is 14.5. The molecule has 2 aromatic rings. The molecule has 3 rings (SSSR count). The number of hydrogen-bond acceptors (Lipinski definition) is 5. The first-order chi connectivity index (χ1) is 12.1. The van der Waals surface area contributed by atoms with Crippen molar-refractivity contribution in [1.82, 2.24) is 0 Å². The summed E-state index contributed by atoms with van der Waals surface area (Å²) >= 11 is 5.99. The molecule has 130 valence electrons. The number of carbonyl (C=O) groups excluding carboxylic acids is 1. The smallest absolute Gasteiger partial charge is 1.00 e. The molecule has 0 aromatic heterocycles. The second-order valence-electron chi connectivity index (χ2n) is 5.47. The van der Waals surface area contributed by atoms with Gasteiger partial charge in [-0.25, -0.2) is 0 Å². The van der Waals surface area contributed by atoms with Crippen molar-refractivity contribution in [1.29, 1.82) is 0 Å². The third-order valence-corrected chi connectivity index (χ3v) is 4.19. The number of halogens is 1. The van der Waals surface area contributed by atoms with Gasteiger partial charge >= 0.3 is 35.5 Å². The number of rotatable bonds is 5. The maximum Gasteiger partial charge on any atom is 1.00 e. The molecule has 0 bridgehead atoms. The first-order valence-electron chi connectivity index (χ1n) is 7.84. The van der Waals surface area contributed by atoms with Crippen molar-refractivity contribution in [2.75, 3.05) is 7.11 Å². The van der Waals surface area contributed by atoms with Crippen molar-refractivity contribution < 1.29 is 45.3 Å². The summed E-state index contributed by atoms with van der Waals surface area (Å²) in [6.45, 7) is 1.74. The molecule has 1 heterocycles. The normalized spacial score (nSPS) is 18.0. The second kappa shape index (κ2) is 8.82. The van der Waals surface area contributed by atoms with E-state index in [0.717, 1.165) is 11.3 Å². The Bertz CT molecular complexity index is 841. The minimum absolute atomic E-state index is 0. The van der Waals surface area contributed by atoms with Gasteiger partial charge in [0.05, 0.1) is 18.9 Å². The third kappa shape index (κ3) is 4.01. The molecule has 0 amide bonds. The number of benzene rings is 2. The van der Waals surface area contributed by atoms with Crippen LogP contribution in [0.25, 0.3) is 5.57 Å². The van der Waals surface area contributed by atoms with Crippen LogP contribution in [0.1, 0.15) is 25.9 Å². The molecule has 1 atom stereocenters. The Kier molecular flexibility index (Phi) is 7.01. The predicted octanol–water partition coefficient (Wildman–Crippen LogP) is 2.08. The van der Waals surface area contributed by atoms with Gasteiger partial charge in [-0.15, -0.1) is 5.11 Å². The molecule has 1 aliphatic heterocycles. The van der Waals surface area contributed by atoms with Gasteiger partial charge < -0.3 is 10.9 Å². The van der Waals surface area contributed by atoms with E-state index in [1.165, 1.54) is 0 Å². The number of ether oxygens (including phenoxy) is 2. The molecule has 2 aromatic carbocycles. The molecule has 0 radical (unpaired) electrons. The minimum atomic E-state index is -1.31. The van der Waals surface area contributed by atoms with Crippen LogP contribution in [0.5, 0.6) is 5.75 Å². The van der Waals surface area contributed by atoms with Gasteiger partial charge in [0.25, 0.3) is 5.72 Å². The number of esters is 1. The predicted molar refractivity (Wildman–Crippen MR) is 96.5 cm³/mol. The van der Waals surface area contributed by atoms with Crippen molar-refractivity contribution in [3.63, 3.8) is 0 Å².